The molecule has 0 fully saturated rings. The van der Waals surface area contributed by atoms with Gasteiger partial charge in [-0.3, -0.25) is 0 Å². The average Bonchev–Trinajstić information content (AvgIpc) is 2.19. The minimum Gasteiger partial charge on any atom is -0.508 e. The average molecular weight is 171 g/mol. The Morgan fingerprint density at radius 3 is 2.54 bits per heavy atom. The second-order valence-electron chi connectivity index (χ2n) is 2.62. The van der Waals surface area contributed by atoms with Crippen LogP contribution in [0.1, 0.15) is 0 Å². The van der Waals surface area contributed by atoms with Gasteiger partial charge in [-0.1, -0.05) is 12.1 Å². The molecule has 0 atom stereocenters. The van der Waals surface area contributed by atoms with Crippen LogP contribution in [0.2, 0.25) is 0 Å². The zero-order valence-corrected chi connectivity index (χ0v) is 6.81. The van der Waals surface area contributed by atoms with Crippen LogP contribution in [0.25, 0.3) is 11.1 Å². The molecule has 0 aliphatic rings. The Morgan fingerprint density at radius 1 is 1.08 bits per heavy atom. The molecule has 0 aliphatic heterocycles. The van der Waals surface area contributed by atoms with Gasteiger partial charge in [0.15, 0.2) is 6.33 Å². The molecule has 2 aromatic rings. The molecule has 13 heavy (non-hydrogen) atoms. The highest BCUT2D eigenvalue weighted by atomic mass is 16.3. The van der Waals surface area contributed by atoms with Gasteiger partial charge in [-0.2, -0.15) is 0 Å². The van der Waals surface area contributed by atoms with E-state index in [1.165, 1.54) is 0 Å². The van der Waals surface area contributed by atoms with Gasteiger partial charge in [0.25, 0.3) is 0 Å². The van der Waals surface area contributed by atoms with Crippen LogP contribution in [0.5, 0.6) is 5.75 Å². The van der Waals surface area contributed by atoms with Crippen molar-refractivity contribution in [3.05, 3.63) is 43.0 Å². The van der Waals surface area contributed by atoms with E-state index in [0.29, 0.717) is 0 Å². The summed E-state index contributed by atoms with van der Waals surface area (Å²) < 4.78 is 0. The van der Waals surface area contributed by atoms with Crippen molar-refractivity contribution in [2.75, 3.05) is 0 Å². The lowest BCUT2D eigenvalue weighted by molar-refractivity contribution is 0.475. The van der Waals surface area contributed by atoms with Crippen LogP contribution in [0.15, 0.2) is 36.7 Å². The zero-order chi connectivity index (χ0) is 9.10. The van der Waals surface area contributed by atoms with Crippen molar-refractivity contribution in [1.29, 1.82) is 0 Å². The van der Waals surface area contributed by atoms with Crippen molar-refractivity contribution < 1.29 is 5.11 Å². The van der Waals surface area contributed by atoms with E-state index in [1.54, 1.807) is 30.6 Å². The van der Waals surface area contributed by atoms with Crippen LogP contribution in [-0.4, -0.2) is 15.1 Å². The highest BCUT2D eigenvalue weighted by Crippen LogP contribution is 2.20. The first-order valence-electron chi connectivity index (χ1n) is 3.84. The van der Waals surface area contributed by atoms with Crippen molar-refractivity contribution in [2.45, 2.75) is 0 Å². The Balaban J connectivity index is 2.48. The lowest BCUT2D eigenvalue weighted by Crippen LogP contribution is -1.81. The van der Waals surface area contributed by atoms with Crippen molar-refractivity contribution in [3.8, 4) is 16.9 Å². The second kappa shape index (κ2) is 3.23. The molecular weight excluding hydrogens is 164 g/mol. The number of rotatable bonds is 1. The number of phenols is 1. The number of hydrogen-bond acceptors (Lipinski definition) is 3. The molecule has 0 amide bonds. The monoisotopic (exact) mass is 171 g/mol. The van der Waals surface area contributed by atoms with E-state index in [0.717, 1.165) is 11.1 Å². The first-order valence-corrected chi connectivity index (χ1v) is 3.84. The van der Waals surface area contributed by atoms with E-state index in [9.17, 15) is 5.11 Å². The molecule has 1 radical (unpaired) electrons. The maximum atomic E-state index is 9.23. The SMILES string of the molecule is Oc1cccc(-c2cn[c]nc2)c1. The first kappa shape index (κ1) is 7.73. The Kier molecular flexibility index (Phi) is 1.92. The minimum atomic E-state index is 0.241. The van der Waals surface area contributed by atoms with Gasteiger partial charge in [0.2, 0.25) is 0 Å². The fraction of sp³-hybridized carbons (Fsp3) is 0. The number of aromatic nitrogens is 2. The van der Waals surface area contributed by atoms with Crippen molar-refractivity contribution in [1.82, 2.24) is 9.97 Å². The number of nitrogens with zero attached hydrogens (tertiary/aromatic N) is 2. The third kappa shape index (κ3) is 1.64. The van der Waals surface area contributed by atoms with Gasteiger partial charge in [-0.25, -0.2) is 9.97 Å². The van der Waals surface area contributed by atoms with Crippen LogP contribution in [0, 0.1) is 6.33 Å². The number of hydrogen-bond donors (Lipinski definition) is 1. The van der Waals surface area contributed by atoms with Crippen molar-refractivity contribution in [2.24, 2.45) is 0 Å². The predicted molar refractivity (Wildman–Crippen MR) is 48.0 cm³/mol. The summed E-state index contributed by atoms with van der Waals surface area (Å²) in [7, 11) is 0. The molecule has 1 heterocycles. The summed E-state index contributed by atoms with van der Waals surface area (Å²) in [5.41, 5.74) is 1.77. The van der Waals surface area contributed by atoms with Gasteiger partial charge in [0, 0.05) is 18.0 Å². The van der Waals surface area contributed by atoms with E-state index in [2.05, 4.69) is 16.3 Å². The van der Waals surface area contributed by atoms with Crippen LogP contribution in [0.3, 0.4) is 0 Å². The maximum Gasteiger partial charge on any atom is 0.197 e. The van der Waals surface area contributed by atoms with Crippen molar-refractivity contribution >= 4 is 0 Å². The largest absolute Gasteiger partial charge is 0.508 e. The van der Waals surface area contributed by atoms with Crippen LogP contribution in [-0.2, 0) is 0 Å². The topological polar surface area (TPSA) is 46.0 Å². The summed E-state index contributed by atoms with van der Waals surface area (Å²) >= 11 is 0. The molecule has 1 aromatic heterocycles. The minimum absolute atomic E-state index is 0.241. The number of aromatic hydroxyl groups is 1. The second-order valence-corrected chi connectivity index (χ2v) is 2.62. The smallest absolute Gasteiger partial charge is 0.197 e. The van der Waals surface area contributed by atoms with E-state index >= 15 is 0 Å². The Morgan fingerprint density at radius 2 is 1.85 bits per heavy atom. The summed E-state index contributed by atoms with van der Waals surface area (Å²) in [6.07, 6.45) is 5.76. The van der Waals surface area contributed by atoms with Crippen LogP contribution < -0.4 is 0 Å². The molecule has 0 aliphatic carbocycles. The lowest BCUT2D eigenvalue weighted by atomic mass is 10.1. The molecular formula is C10H7N2O. The van der Waals surface area contributed by atoms with Gasteiger partial charge >= 0.3 is 0 Å². The molecule has 63 valence electrons. The van der Waals surface area contributed by atoms with E-state index in [-0.39, 0.29) is 5.75 Å². The molecule has 0 bridgehead atoms. The molecule has 2 rings (SSSR count). The van der Waals surface area contributed by atoms with Crippen LogP contribution in [0.4, 0.5) is 0 Å². The third-order valence-electron chi connectivity index (χ3n) is 1.70. The molecule has 0 unspecified atom stereocenters. The number of phenolic OH excluding ortho intramolecular Hbond substituents is 1. The van der Waals surface area contributed by atoms with E-state index < -0.39 is 0 Å². The molecule has 1 N–H and O–H groups in total. The Hall–Kier alpha value is -1.90. The predicted octanol–water partition coefficient (Wildman–Crippen LogP) is 1.65. The fourth-order valence-corrected chi connectivity index (χ4v) is 1.10. The molecule has 0 saturated heterocycles. The maximum absolute atomic E-state index is 9.23. The van der Waals surface area contributed by atoms with Crippen LogP contribution >= 0.6 is 0 Å². The molecule has 3 nitrogen and oxygen atoms in total. The summed E-state index contributed by atoms with van der Waals surface area (Å²) in [5, 5.41) is 9.23. The Bertz CT molecular complexity index is 401. The normalized spacial score (nSPS) is 9.85. The summed E-state index contributed by atoms with van der Waals surface area (Å²) in [6.45, 7) is 0. The quantitative estimate of drug-likeness (QED) is 0.709. The summed E-state index contributed by atoms with van der Waals surface area (Å²) in [6, 6.07) is 6.96. The van der Waals surface area contributed by atoms with Gasteiger partial charge in [-0.15, -0.1) is 0 Å². The Labute approximate surface area is 75.7 Å². The molecule has 1 aromatic carbocycles. The first-order chi connectivity index (χ1) is 6.36. The van der Waals surface area contributed by atoms with Gasteiger partial charge in [-0.05, 0) is 17.7 Å². The lowest BCUT2D eigenvalue weighted by Gasteiger charge is -1.99. The number of benzene rings is 1. The highest BCUT2D eigenvalue weighted by molar-refractivity contribution is 5.62. The van der Waals surface area contributed by atoms with E-state index in [1.807, 2.05) is 6.07 Å². The van der Waals surface area contributed by atoms with Crippen molar-refractivity contribution in [3.63, 3.8) is 0 Å². The fourth-order valence-electron chi connectivity index (χ4n) is 1.10. The summed E-state index contributed by atoms with van der Waals surface area (Å²) in [4.78, 5) is 7.55. The highest BCUT2D eigenvalue weighted by Gasteiger charge is 1.97. The molecule has 0 spiro atoms. The standard InChI is InChI=1S/C10H7N2O/c13-10-3-1-2-8(4-10)9-5-11-7-12-6-9/h1-6,13H. The van der Waals surface area contributed by atoms with Gasteiger partial charge < -0.3 is 5.11 Å². The molecule has 3 heteroatoms. The summed E-state index contributed by atoms with van der Waals surface area (Å²) in [5.74, 6) is 0.241. The zero-order valence-electron chi connectivity index (χ0n) is 6.81. The third-order valence-corrected chi connectivity index (χ3v) is 1.70. The van der Waals surface area contributed by atoms with Gasteiger partial charge in [0.1, 0.15) is 5.75 Å². The molecule has 0 saturated carbocycles. The van der Waals surface area contributed by atoms with E-state index in [4.69, 9.17) is 0 Å². The van der Waals surface area contributed by atoms with Gasteiger partial charge in [0.05, 0.1) is 0 Å².